The summed E-state index contributed by atoms with van der Waals surface area (Å²) in [4.78, 5) is 36.0. The molecule has 1 N–H and O–H groups in total. The van der Waals surface area contributed by atoms with Crippen LogP contribution in [-0.2, 0) is 14.3 Å². The monoisotopic (exact) mass is 348 g/mol. The molecule has 132 valence electrons. The average Bonchev–Trinajstić information content (AvgIpc) is 3.07. The van der Waals surface area contributed by atoms with Gasteiger partial charge in [0, 0.05) is 14.1 Å². The Bertz CT molecular complexity index is 785. The second-order valence-electron chi connectivity index (χ2n) is 5.28. The number of nitrogens with one attached hydrogen (secondary N) is 1. The van der Waals surface area contributed by atoms with Crippen molar-refractivity contribution in [1.29, 1.82) is 0 Å². The van der Waals surface area contributed by atoms with E-state index in [0.29, 0.717) is 0 Å². The molecule has 1 heterocycles. The van der Waals surface area contributed by atoms with Gasteiger partial charge in [-0.05, 0) is 24.3 Å². The molecule has 7 nitrogen and oxygen atoms in total. The Morgan fingerprint density at radius 1 is 1.16 bits per heavy atom. The summed E-state index contributed by atoms with van der Waals surface area (Å²) in [5, 5.41) is 2.32. The number of ether oxygens (including phenoxy) is 1. The molecule has 0 saturated carbocycles. The summed E-state index contributed by atoms with van der Waals surface area (Å²) < 4.78 is 23.8. The summed E-state index contributed by atoms with van der Waals surface area (Å²) in [5.41, 5.74) is 0.210. The zero-order valence-corrected chi connectivity index (χ0v) is 13.7. The highest BCUT2D eigenvalue weighted by molar-refractivity contribution is 5.90. The largest absolute Gasteiger partial charge is 0.450 e. The van der Waals surface area contributed by atoms with Crippen molar-refractivity contribution < 1.29 is 27.9 Å². The number of halogens is 1. The summed E-state index contributed by atoms with van der Waals surface area (Å²) >= 11 is 0. The molecule has 2 amide bonds. The van der Waals surface area contributed by atoms with Crippen molar-refractivity contribution in [3.63, 3.8) is 0 Å². The third-order valence-corrected chi connectivity index (χ3v) is 3.22. The Hall–Kier alpha value is -3.16. The van der Waals surface area contributed by atoms with Gasteiger partial charge in [-0.1, -0.05) is 12.1 Å². The number of likely N-dealkylation sites (N-methyl/N-ethyl adjacent to an activating group) is 1. The zero-order valence-electron chi connectivity index (χ0n) is 13.7. The van der Waals surface area contributed by atoms with Gasteiger partial charge in [0.2, 0.25) is 11.7 Å². The maximum absolute atomic E-state index is 13.7. The van der Waals surface area contributed by atoms with Crippen molar-refractivity contribution >= 4 is 17.8 Å². The van der Waals surface area contributed by atoms with Crippen LogP contribution < -0.4 is 5.32 Å². The van der Waals surface area contributed by atoms with Crippen LogP contribution in [-0.4, -0.2) is 49.9 Å². The molecule has 0 bridgehead atoms. The minimum absolute atomic E-state index is 0.157. The fourth-order valence-electron chi connectivity index (χ4n) is 1.84. The molecule has 0 unspecified atom stereocenters. The number of amides is 2. The van der Waals surface area contributed by atoms with E-state index < -0.39 is 24.3 Å². The summed E-state index contributed by atoms with van der Waals surface area (Å²) in [6, 6.07) is 8.73. The molecule has 25 heavy (non-hydrogen) atoms. The molecule has 0 atom stereocenters. The van der Waals surface area contributed by atoms with Gasteiger partial charge in [-0.25, -0.2) is 9.18 Å². The van der Waals surface area contributed by atoms with Crippen molar-refractivity contribution in [2.75, 3.05) is 27.2 Å². The summed E-state index contributed by atoms with van der Waals surface area (Å²) in [7, 11) is 3.11. The molecule has 1 aromatic heterocycles. The van der Waals surface area contributed by atoms with E-state index in [-0.39, 0.29) is 29.5 Å². The highest BCUT2D eigenvalue weighted by Crippen LogP contribution is 2.24. The number of benzene rings is 1. The molecule has 0 radical (unpaired) electrons. The maximum Gasteiger partial charge on any atom is 0.374 e. The van der Waals surface area contributed by atoms with Gasteiger partial charge < -0.3 is 19.4 Å². The predicted molar refractivity (Wildman–Crippen MR) is 86.1 cm³/mol. The van der Waals surface area contributed by atoms with E-state index in [1.165, 1.54) is 35.2 Å². The number of hydrogen-bond donors (Lipinski definition) is 1. The van der Waals surface area contributed by atoms with E-state index in [2.05, 4.69) is 5.32 Å². The van der Waals surface area contributed by atoms with Crippen LogP contribution in [0.25, 0.3) is 11.3 Å². The first-order chi connectivity index (χ1) is 11.9. The maximum atomic E-state index is 13.7. The molecule has 1 aromatic carbocycles. The van der Waals surface area contributed by atoms with E-state index >= 15 is 0 Å². The molecule has 2 rings (SSSR count). The van der Waals surface area contributed by atoms with Gasteiger partial charge in [0.05, 0.1) is 12.1 Å². The Labute approximate surface area is 143 Å². The van der Waals surface area contributed by atoms with E-state index in [4.69, 9.17) is 9.15 Å². The highest BCUT2D eigenvalue weighted by atomic mass is 19.1. The predicted octanol–water partition coefficient (Wildman–Crippen LogP) is 1.45. The summed E-state index contributed by atoms with van der Waals surface area (Å²) in [5.74, 6) is -2.25. The standard InChI is InChI=1S/C17H17FN2O5/c1-20(2)16(22)9-19-15(21)10-24-17(23)14-8-7-13(25-14)11-5-3-4-6-12(11)18/h3-8H,9-10H2,1-2H3,(H,19,21). The second kappa shape index (κ2) is 8.09. The minimum Gasteiger partial charge on any atom is -0.450 e. The van der Waals surface area contributed by atoms with E-state index in [1.807, 2.05) is 0 Å². The molecule has 0 saturated heterocycles. The molecule has 0 aliphatic heterocycles. The zero-order chi connectivity index (χ0) is 18.4. The molecular formula is C17H17FN2O5. The van der Waals surface area contributed by atoms with Crippen LogP contribution >= 0.6 is 0 Å². The van der Waals surface area contributed by atoms with Gasteiger partial charge in [0.15, 0.2) is 6.61 Å². The van der Waals surface area contributed by atoms with Gasteiger partial charge in [0.1, 0.15) is 11.6 Å². The number of rotatable bonds is 6. The Kier molecular flexibility index (Phi) is 5.89. The van der Waals surface area contributed by atoms with E-state index in [9.17, 15) is 18.8 Å². The Morgan fingerprint density at radius 2 is 1.88 bits per heavy atom. The fraction of sp³-hybridized carbons (Fsp3) is 0.235. The molecule has 0 spiro atoms. The first kappa shape index (κ1) is 18.2. The van der Waals surface area contributed by atoms with Gasteiger partial charge in [-0.3, -0.25) is 9.59 Å². The molecule has 0 aliphatic rings. The molecule has 0 aliphatic carbocycles. The van der Waals surface area contributed by atoms with Gasteiger partial charge in [0.25, 0.3) is 5.91 Å². The van der Waals surface area contributed by atoms with E-state index in [1.54, 1.807) is 20.2 Å². The van der Waals surface area contributed by atoms with Crippen LogP contribution in [0.3, 0.4) is 0 Å². The average molecular weight is 348 g/mol. The smallest absolute Gasteiger partial charge is 0.374 e. The molecule has 8 heteroatoms. The summed E-state index contributed by atoms with van der Waals surface area (Å²) in [6.45, 7) is -0.753. The molecular weight excluding hydrogens is 331 g/mol. The van der Waals surface area contributed by atoms with Gasteiger partial charge in [-0.2, -0.15) is 0 Å². The second-order valence-corrected chi connectivity index (χ2v) is 5.28. The minimum atomic E-state index is -0.864. The van der Waals surface area contributed by atoms with Crippen molar-refractivity contribution in [3.8, 4) is 11.3 Å². The first-order valence-corrected chi connectivity index (χ1v) is 7.37. The quantitative estimate of drug-likeness (QED) is 0.798. The number of carbonyl (C=O) groups excluding carboxylic acids is 3. The third kappa shape index (κ3) is 4.90. The van der Waals surface area contributed by atoms with Crippen molar-refractivity contribution in [2.24, 2.45) is 0 Å². The lowest BCUT2D eigenvalue weighted by molar-refractivity contribution is -0.131. The van der Waals surface area contributed by atoms with Gasteiger partial charge in [-0.15, -0.1) is 0 Å². The van der Waals surface area contributed by atoms with Crippen molar-refractivity contribution in [2.45, 2.75) is 0 Å². The highest BCUT2D eigenvalue weighted by Gasteiger charge is 2.17. The van der Waals surface area contributed by atoms with Crippen LogP contribution in [0.1, 0.15) is 10.6 Å². The first-order valence-electron chi connectivity index (χ1n) is 7.37. The lowest BCUT2D eigenvalue weighted by Crippen LogP contribution is -2.38. The van der Waals surface area contributed by atoms with E-state index in [0.717, 1.165) is 0 Å². The molecule has 0 fully saturated rings. The normalized spacial score (nSPS) is 10.2. The molecule has 2 aromatic rings. The Balaban J connectivity index is 1.89. The number of esters is 1. The van der Waals surface area contributed by atoms with Crippen molar-refractivity contribution in [3.05, 3.63) is 48.0 Å². The van der Waals surface area contributed by atoms with Gasteiger partial charge >= 0.3 is 5.97 Å². The lowest BCUT2D eigenvalue weighted by Gasteiger charge is -2.10. The number of furan rings is 1. The number of nitrogens with zero attached hydrogens (tertiary/aromatic N) is 1. The lowest BCUT2D eigenvalue weighted by atomic mass is 10.1. The van der Waals surface area contributed by atoms with Crippen molar-refractivity contribution in [1.82, 2.24) is 10.2 Å². The van der Waals surface area contributed by atoms with Crippen LogP contribution in [0.2, 0.25) is 0 Å². The van der Waals surface area contributed by atoms with Crippen LogP contribution in [0.4, 0.5) is 4.39 Å². The fourth-order valence-corrected chi connectivity index (χ4v) is 1.84. The number of hydrogen-bond acceptors (Lipinski definition) is 5. The van der Waals surface area contributed by atoms with Crippen LogP contribution in [0.5, 0.6) is 0 Å². The topological polar surface area (TPSA) is 88.9 Å². The third-order valence-electron chi connectivity index (χ3n) is 3.22. The van der Waals surface area contributed by atoms with Crippen LogP contribution in [0.15, 0.2) is 40.8 Å². The summed E-state index contributed by atoms with van der Waals surface area (Å²) in [6.07, 6.45) is 0. The Morgan fingerprint density at radius 3 is 2.56 bits per heavy atom. The SMILES string of the molecule is CN(C)C(=O)CNC(=O)COC(=O)c1ccc(-c2ccccc2F)o1. The van der Waals surface area contributed by atoms with Crippen LogP contribution in [0, 0.1) is 5.82 Å². The number of carbonyl (C=O) groups is 3.